The Bertz CT molecular complexity index is 1220. The van der Waals surface area contributed by atoms with Crippen LogP contribution in [0.25, 0.3) is 17.0 Å². The second-order valence-corrected chi connectivity index (χ2v) is 8.07. The van der Waals surface area contributed by atoms with E-state index in [1.165, 1.54) is 12.7 Å². The minimum Gasteiger partial charge on any atom is -0.504 e. The van der Waals surface area contributed by atoms with Gasteiger partial charge in [0.1, 0.15) is 0 Å². The fraction of sp³-hybridized carbons (Fsp3) is 0.240. The maximum Gasteiger partial charge on any atom is 0.258 e. The van der Waals surface area contributed by atoms with E-state index >= 15 is 0 Å². The monoisotopic (exact) mass is 462 g/mol. The Kier molecular flexibility index (Phi) is 6.46. The number of aryl methyl sites for hydroxylation is 1. The Labute approximate surface area is 198 Å². The van der Waals surface area contributed by atoms with Gasteiger partial charge >= 0.3 is 0 Å². The van der Waals surface area contributed by atoms with Gasteiger partial charge in [-0.15, -0.1) is 6.58 Å². The molecule has 33 heavy (non-hydrogen) atoms. The van der Waals surface area contributed by atoms with Gasteiger partial charge in [-0.3, -0.25) is 0 Å². The minimum atomic E-state index is -0.397. The van der Waals surface area contributed by atoms with Crippen LogP contribution in [0.5, 0.6) is 11.5 Å². The number of hydrogen-bond acceptors (Lipinski definition) is 6. The summed E-state index contributed by atoms with van der Waals surface area (Å²) in [6, 6.07) is 12.9. The van der Waals surface area contributed by atoms with E-state index in [1.54, 1.807) is 18.2 Å². The predicted octanol–water partition coefficient (Wildman–Crippen LogP) is 4.86. The highest BCUT2D eigenvalue weighted by Gasteiger charge is 2.34. The number of aromatic nitrogens is 2. The first kappa shape index (κ1) is 22.5. The van der Waals surface area contributed by atoms with Crippen molar-refractivity contribution in [3.05, 3.63) is 77.8 Å². The summed E-state index contributed by atoms with van der Waals surface area (Å²) in [6.45, 7) is 8.44. The number of nitrogens with one attached hydrogen (secondary N) is 1. The molecule has 1 unspecified atom stereocenters. The van der Waals surface area contributed by atoms with E-state index in [0.29, 0.717) is 29.1 Å². The first-order valence-electron chi connectivity index (χ1n) is 10.7. The molecule has 2 heterocycles. The van der Waals surface area contributed by atoms with Crippen LogP contribution in [0, 0.1) is 0 Å². The summed E-state index contributed by atoms with van der Waals surface area (Å²) in [5.74, 6) is 1.32. The molecule has 8 heteroatoms. The van der Waals surface area contributed by atoms with E-state index in [-0.39, 0.29) is 5.75 Å². The summed E-state index contributed by atoms with van der Waals surface area (Å²) in [5, 5.41) is 18.5. The van der Waals surface area contributed by atoms with E-state index < -0.39 is 6.04 Å². The number of benzene rings is 2. The number of phenolic OH excluding ortho intramolecular Hbond substituents is 1. The SMILES string of the molecule is C=CCN1C(=S)NC(c2ccc(OC)c(O)c2)C(c2nc(-c3ccc(CC)cc3)no2)=C1C. The lowest BCUT2D eigenvalue weighted by atomic mass is 9.94. The number of rotatable bonds is 7. The number of thiocarbonyl (C=S) groups is 1. The van der Waals surface area contributed by atoms with Crippen LogP contribution in [-0.4, -0.2) is 38.9 Å². The van der Waals surface area contributed by atoms with E-state index in [1.807, 2.05) is 30.0 Å². The number of allylic oxidation sites excluding steroid dienone is 1. The van der Waals surface area contributed by atoms with Crippen molar-refractivity contribution in [1.82, 2.24) is 20.4 Å². The maximum absolute atomic E-state index is 10.4. The normalized spacial score (nSPS) is 16.0. The fourth-order valence-electron chi connectivity index (χ4n) is 3.88. The van der Waals surface area contributed by atoms with Crippen LogP contribution in [0.2, 0.25) is 0 Å². The third-order valence-electron chi connectivity index (χ3n) is 5.72. The summed E-state index contributed by atoms with van der Waals surface area (Å²) in [7, 11) is 1.51. The van der Waals surface area contributed by atoms with Crippen LogP contribution in [0.15, 0.2) is 65.3 Å². The molecule has 0 radical (unpaired) electrons. The van der Waals surface area contributed by atoms with Crippen LogP contribution in [-0.2, 0) is 6.42 Å². The van der Waals surface area contributed by atoms with Gasteiger partial charge in [0.05, 0.1) is 18.7 Å². The summed E-state index contributed by atoms with van der Waals surface area (Å²) in [6.07, 6.45) is 2.74. The van der Waals surface area contributed by atoms with Crippen LogP contribution >= 0.6 is 12.2 Å². The molecule has 0 bridgehead atoms. The van der Waals surface area contributed by atoms with E-state index in [2.05, 4.69) is 36.1 Å². The molecule has 1 aromatic heterocycles. The van der Waals surface area contributed by atoms with Gasteiger partial charge in [0, 0.05) is 17.8 Å². The Balaban J connectivity index is 1.80. The van der Waals surface area contributed by atoms with Crippen LogP contribution in [0.3, 0.4) is 0 Å². The van der Waals surface area contributed by atoms with Gasteiger partial charge in [-0.05, 0) is 48.8 Å². The van der Waals surface area contributed by atoms with E-state index in [4.69, 9.17) is 26.5 Å². The molecule has 1 aliphatic heterocycles. The quantitative estimate of drug-likeness (QED) is 0.380. The summed E-state index contributed by atoms with van der Waals surface area (Å²) in [5.41, 5.74) is 4.55. The molecule has 170 valence electrons. The van der Waals surface area contributed by atoms with Gasteiger partial charge in [0.25, 0.3) is 5.89 Å². The van der Waals surface area contributed by atoms with Crippen LogP contribution in [0.1, 0.15) is 36.9 Å². The standard InChI is InChI=1S/C25H26N4O3S/c1-5-13-29-15(3)21(22(26-25(29)33)18-11-12-20(31-4)19(30)14-18)24-27-23(28-32-24)17-9-7-16(6-2)8-10-17/h5,7-12,14,22,30H,1,6,13H2,2-4H3,(H,26,33). The molecule has 0 spiro atoms. The number of methoxy groups -OCH3 is 1. The Hall–Kier alpha value is -3.65. The highest BCUT2D eigenvalue weighted by Crippen LogP contribution is 2.39. The average molecular weight is 463 g/mol. The summed E-state index contributed by atoms with van der Waals surface area (Å²) in [4.78, 5) is 6.63. The number of ether oxygens (including phenoxy) is 1. The maximum atomic E-state index is 10.4. The fourth-order valence-corrected chi connectivity index (χ4v) is 4.21. The van der Waals surface area contributed by atoms with Gasteiger partial charge in [0.2, 0.25) is 5.82 Å². The summed E-state index contributed by atoms with van der Waals surface area (Å²) < 4.78 is 10.9. The first-order valence-corrected chi connectivity index (χ1v) is 11.1. The molecular formula is C25H26N4O3S. The average Bonchev–Trinajstić information content (AvgIpc) is 3.31. The van der Waals surface area contributed by atoms with Crippen molar-refractivity contribution in [1.29, 1.82) is 0 Å². The van der Waals surface area contributed by atoms with Crippen LogP contribution < -0.4 is 10.1 Å². The van der Waals surface area contributed by atoms with Crippen molar-refractivity contribution in [2.45, 2.75) is 26.3 Å². The molecule has 4 rings (SSSR count). The highest BCUT2D eigenvalue weighted by molar-refractivity contribution is 7.80. The lowest BCUT2D eigenvalue weighted by Gasteiger charge is -2.36. The highest BCUT2D eigenvalue weighted by atomic mass is 32.1. The molecule has 0 aliphatic carbocycles. The Morgan fingerprint density at radius 2 is 2.03 bits per heavy atom. The Morgan fingerprint density at radius 1 is 1.27 bits per heavy atom. The molecular weight excluding hydrogens is 436 g/mol. The lowest BCUT2D eigenvalue weighted by Crippen LogP contribution is -2.45. The zero-order chi connectivity index (χ0) is 23.5. The second-order valence-electron chi connectivity index (χ2n) is 7.69. The van der Waals surface area contributed by atoms with Gasteiger partial charge in [0.15, 0.2) is 16.6 Å². The van der Waals surface area contributed by atoms with Crippen molar-refractivity contribution in [3.8, 4) is 22.9 Å². The summed E-state index contributed by atoms with van der Waals surface area (Å²) >= 11 is 5.62. The number of hydrogen-bond donors (Lipinski definition) is 2. The van der Waals surface area contributed by atoms with Crippen molar-refractivity contribution in [3.63, 3.8) is 0 Å². The molecule has 7 nitrogen and oxygen atoms in total. The Morgan fingerprint density at radius 3 is 2.67 bits per heavy atom. The molecule has 2 N–H and O–H groups in total. The van der Waals surface area contributed by atoms with Crippen LogP contribution in [0.4, 0.5) is 0 Å². The number of aromatic hydroxyl groups is 1. The minimum absolute atomic E-state index is 0.0375. The number of nitrogens with zero attached hydrogens (tertiary/aromatic N) is 3. The van der Waals surface area contributed by atoms with Gasteiger partial charge in [-0.25, -0.2) is 0 Å². The largest absolute Gasteiger partial charge is 0.504 e. The molecule has 0 fully saturated rings. The van der Waals surface area contributed by atoms with E-state index in [0.717, 1.165) is 28.8 Å². The van der Waals surface area contributed by atoms with Gasteiger partial charge in [-0.1, -0.05) is 48.5 Å². The molecule has 1 aliphatic rings. The number of phenols is 1. The van der Waals surface area contributed by atoms with Crippen molar-refractivity contribution < 1.29 is 14.4 Å². The second kappa shape index (κ2) is 9.46. The van der Waals surface area contributed by atoms with Gasteiger partial charge in [-0.2, -0.15) is 4.98 Å². The first-order chi connectivity index (χ1) is 16.0. The van der Waals surface area contributed by atoms with Crippen molar-refractivity contribution in [2.24, 2.45) is 0 Å². The smallest absolute Gasteiger partial charge is 0.258 e. The third kappa shape index (κ3) is 4.34. The van der Waals surface area contributed by atoms with Gasteiger partial charge < -0.3 is 24.6 Å². The van der Waals surface area contributed by atoms with E-state index in [9.17, 15) is 5.11 Å². The molecule has 2 aromatic carbocycles. The van der Waals surface area contributed by atoms with Crippen molar-refractivity contribution >= 4 is 22.9 Å². The molecule has 1 atom stereocenters. The third-order valence-corrected chi connectivity index (χ3v) is 6.06. The molecule has 0 amide bonds. The predicted molar refractivity (Wildman–Crippen MR) is 132 cm³/mol. The molecule has 3 aromatic rings. The zero-order valence-corrected chi connectivity index (χ0v) is 19.6. The lowest BCUT2D eigenvalue weighted by molar-refractivity contribution is 0.372. The van der Waals surface area contributed by atoms with Crippen molar-refractivity contribution in [2.75, 3.05) is 13.7 Å². The molecule has 0 saturated carbocycles. The molecule has 0 saturated heterocycles. The zero-order valence-electron chi connectivity index (χ0n) is 18.8. The topological polar surface area (TPSA) is 83.7 Å².